The minimum atomic E-state index is 0.629. The van der Waals surface area contributed by atoms with Crippen LogP contribution in [-0.4, -0.2) is 22.1 Å². The number of fused-ring (bicyclic) bond motifs is 2. The van der Waals surface area contributed by atoms with Gasteiger partial charge in [0.05, 0.1) is 17.6 Å². The summed E-state index contributed by atoms with van der Waals surface area (Å²) in [5, 5.41) is 6.99. The molecule has 0 saturated heterocycles. The SMILES string of the molecule is CSc1ccc(Nc2nc3cc(C=O)ccc3n2Cc2csc3ccc(C)cc23)cc1. The number of anilines is 2. The second kappa shape index (κ2) is 8.21. The number of thiophene rings is 1. The highest BCUT2D eigenvalue weighted by atomic mass is 32.2. The normalized spacial score (nSPS) is 11.3. The summed E-state index contributed by atoms with van der Waals surface area (Å²) in [6.45, 7) is 2.82. The Morgan fingerprint density at radius 3 is 2.71 bits per heavy atom. The quantitative estimate of drug-likeness (QED) is 0.229. The van der Waals surface area contributed by atoms with Crippen LogP contribution >= 0.6 is 23.1 Å². The second-order valence-corrected chi connectivity index (χ2v) is 9.29. The van der Waals surface area contributed by atoms with Crippen LogP contribution in [0.25, 0.3) is 21.1 Å². The van der Waals surface area contributed by atoms with Crippen molar-refractivity contribution in [1.82, 2.24) is 9.55 Å². The highest BCUT2D eigenvalue weighted by Gasteiger charge is 2.14. The summed E-state index contributed by atoms with van der Waals surface area (Å²) in [6.07, 6.45) is 2.93. The standard InChI is InChI=1S/C25H21N3OS2/c1-16-3-10-24-21(11-16)18(15-31-24)13-28-23-9-4-17(14-29)12-22(23)27-25(28)26-19-5-7-20(30-2)8-6-19/h3-12,14-15H,13H2,1-2H3,(H,26,27). The van der Waals surface area contributed by atoms with E-state index in [1.54, 1.807) is 23.1 Å². The van der Waals surface area contributed by atoms with E-state index in [2.05, 4.69) is 70.9 Å². The number of hydrogen-bond donors (Lipinski definition) is 1. The Morgan fingerprint density at radius 1 is 1.10 bits per heavy atom. The molecule has 0 amide bonds. The lowest BCUT2D eigenvalue weighted by Gasteiger charge is -2.11. The van der Waals surface area contributed by atoms with Gasteiger partial charge in [-0.05, 0) is 78.0 Å². The van der Waals surface area contributed by atoms with E-state index in [9.17, 15) is 4.79 Å². The van der Waals surface area contributed by atoms with Crippen LogP contribution in [0.3, 0.4) is 0 Å². The summed E-state index contributed by atoms with van der Waals surface area (Å²) in [7, 11) is 0. The zero-order chi connectivity index (χ0) is 21.4. The minimum absolute atomic E-state index is 0.629. The Balaban J connectivity index is 1.60. The van der Waals surface area contributed by atoms with E-state index in [-0.39, 0.29) is 0 Å². The predicted octanol–water partition coefficient (Wildman–Crippen LogP) is 6.89. The molecule has 0 unspecified atom stereocenters. The van der Waals surface area contributed by atoms with Gasteiger partial charge < -0.3 is 9.88 Å². The Kier molecular flexibility index (Phi) is 5.26. The number of thioether (sulfide) groups is 1. The third kappa shape index (κ3) is 3.84. The molecule has 5 rings (SSSR count). The average Bonchev–Trinajstić information content (AvgIpc) is 3.35. The van der Waals surface area contributed by atoms with Gasteiger partial charge in [-0.2, -0.15) is 0 Å². The van der Waals surface area contributed by atoms with Gasteiger partial charge in [-0.1, -0.05) is 17.7 Å². The van der Waals surface area contributed by atoms with Crippen molar-refractivity contribution in [1.29, 1.82) is 0 Å². The molecule has 0 aliphatic rings. The summed E-state index contributed by atoms with van der Waals surface area (Å²) in [5.41, 5.74) is 5.94. The zero-order valence-electron chi connectivity index (χ0n) is 17.3. The molecule has 0 atom stereocenters. The molecule has 6 heteroatoms. The van der Waals surface area contributed by atoms with Crippen molar-refractivity contribution in [2.75, 3.05) is 11.6 Å². The number of nitrogens with zero attached hydrogens (tertiary/aromatic N) is 2. The Morgan fingerprint density at radius 2 is 1.94 bits per heavy atom. The number of carbonyl (C=O) groups excluding carboxylic acids is 1. The van der Waals surface area contributed by atoms with Crippen molar-refractivity contribution in [3.63, 3.8) is 0 Å². The second-order valence-electron chi connectivity index (χ2n) is 7.50. The number of aldehydes is 1. The maximum Gasteiger partial charge on any atom is 0.208 e. The summed E-state index contributed by atoms with van der Waals surface area (Å²) >= 11 is 3.49. The molecule has 0 fully saturated rings. The van der Waals surface area contributed by atoms with Gasteiger partial charge in [0.1, 0.15) is 6.29 Å². The summed E-state index contributed by atoms with van der Waals surface area (Å²) in [6, 6.07) is 20.6. The molecule has 0 saturated carbocycles. The minimum Gasteiger partial charge on any atom is -0.326 e. The van der Waals surface area contributed by atoms with Crippen LogP contribution < -0.4 is 5.32 Å². The first-order valence-corrected chi connectivity index (χ1v) is 12.1. The number of imidazole rings is 1. The molecule has 0 aliphatic heterocycles. The largest absolute Gasteiger partial charge is 0.326 e. The molecule has 3 aromatic carbocycles. The predicted molar refractivity (Wildman–Crippen MR) is 132 cm³/mol. The van der Waals surface area contributed by atoms with Crippen molar-refractivity contribution < 1.29 is 4.79 Å². The summed E-state index contributed by atoms with van der Waals surface area (Å²) in [4.78, 5) is 17.3. The van der Waals surface area contributed by atoms with Crippen LogP contribution in [0.4, 0.5) is 11.6 Å². The number of aryl methyl sites for hydroxylation is 1. The lowest BCUT2D eigenvalue weighted by atomic mass is 10.1. The lowest BCUT2D eigenvalue weighted by Crippen LogP contribution is -2.05. The van der Waals surface area contributed by atoms with Crippen molar-refractivity contribution in [3.05, 3.63) is 82.7 Å². The van der Waals surface area contributed by atoms with Crippen LogP contribution in [0.15, 0.2) is 70.9 Å². The van der Waals surface area contributed by atoms with E-state index < -0.39 is 0 Å². The number of hydrogen-bond acceptors (Lipinski definition) is 5. The fourth-order valence-electron chi connectivity index (χ4n) is 3.77. The Labute approximate surface area is 188 Å². The molecule has 2 heterocycles. The Bertz CT molecular complexity index is 1400. The van der Waals surface area contributed by atoms with E-state index >= 15 is 0 Å². The number of nitrogens with one attached hydrogen (secondary N) is 1. The molecular formula is C25H21N3OS2. The third-order valence-electron chi connectivity index (χ3n) is 5.39. The molecule has 1 N–H and O–H groups in total. The van der Waals surface area contributed by atoms with E-state index in [1.807, 2.05) is 18.2 Å². The van der Waals surface area contributed by atoms with E-state index in [0.717, 1.165) is 29.0 Å². The first kappa shape index (κ1) is 19.8. The highest BCUT2D eigenvalue weighted by molar-refractivity contribution is 7.98. The van der Waals surface area contributed by atoms with Crippen molar-refractivity contribution >= 4 is 62.1 Å². The van der Waals surface area contributed by atoms with E-state index in [1.165, 1.54) is 26.1 Å². The van der Waals surface area contributed by atoms with Gasteiger partial charge in [0, 0.05) is 20.8 Å². The fourth-order valence-corrected chi connectivity index (χ4v) is 5.11. The average molecular weight is 444 g/mol. The molecule has 2 aromatic heterocycles. The maximum absolute atomic E-state index is 11.3. The molecule has 0 aliphatic carbocycles. The first-order valence-electron chi connectivity index (χ1n) is 9.98. The Hall–Kier alpha value is -3.09. The van der Waals surface area contributed by atoms with Crippen molar-refractivity contribution in [3.8, 4) is 0 Å². The van der Waals surface area contributed by atoms with Crippen LogP contribution in [0, 0.1) is 6.92 Å². The maximum atomic E-state index is 11.3. The van der Waals surface area contributed by atoms with Crippen LogP contribution in [0.5, 0.6) is 0 Å². The van der Waals surface area contributed by atoms with Gasteiger partial charge in [-0.3, -0.25) is 4.79 Å². The molecular weight excluding hydrogens is 422 g/mol. The van der Waals surface area contributed by atoms with E-state index in [0.29, 0.717) is 12.1 Å². The molecule has 0 spiro atoms. The van der Waals surface area contributed by atoms with Gasteiger partial charge in [-0.15, -0.1) is 23.1 Å². The monoisotopic (exact) mass is 443 g/mol. The third-order valence-corrected chi connectivity index (χ3v) is 7.15. The molecule has 154 valence electrons. The first-order chi connectivity index (χ1) is 15.1. The van der Waals surface area contributed by atoms with Crippen molar-refractivity contribution in [2.24, 2.45) is 0 Å². The van der Waals surface area contributed by atoms with Crippen LogP contribution in [-0.2, 0) is 6.54 Å². The summed E-state index contributed by atoms with van der Waals surface area (Å²) < 4.78 is 3.48. The molecule has 5 aromatic rings. The highest BCUT2D eigenvalue weighted by Crippen LogP contribution is 2.31. The molecule has 0 radical (unpaired) electrons. The number of rotatable bonds is 6. The number of carbonyl (C=O) groups is 1. The number of benzene rings is 3. The molecule has 0 bridgehead atoms. The van der Waals surface area contributed by atoms with Gasteiger partial charge in [-0.25, -0.2) is 4.98 Å². The number of aromatic nitrogens is 2. The molecule has 31 heavy (non-hydrogen) atoms. The van der Waals surface area contributed by atoms with Crippen LogP contribution in [0.1, 0.15) is 21.5 Å². The van der Waals surface area contributed by atoms with Crippen LogP contribution in [0.2, 0.25) is 0 Å². The molecule has 4 nitrogen and oxygen atoms in total. The topological polar surface area (TPSA) is 46.9 Å². The van der Waals surface area contributed by atoms with Gasteiger partial charge in [0.25, 0.3) is 0 Å². The smallest absolute Gasteiger partial charge is 0.208 e. The van der Waals surface area contributed by atoms with Crippen molar-refractivity contribution in [2.45, 2.75) is 18.4 Å². The van der Waals surface area contributed by atoms with E-state index in [4.69, 9.17) is 4.98 Å². The zero-order valence-corrected chi connectivity index (χ0v) is 18.9. The fraction of sp³-hybridized carbons (Fsp3) is 0.120. The summed E-state index contributed by atoms with van der Waals surface area (Å²) in [5.74, 6) is 0.766. The van der Waals surface area contributed by atoms with Gasteiger partial charge in [0.2, 0.25) is 5.95 Å². The van der Waals surface area contributed by atoms with Gasteiger partial charge >= 0.3 is 0 Å². The lowest BCUT2D eigenvalue weighted by molar-refractivity contribution is 0.112. The van der Waals surface area contributed by atoms with Gasteiger partial charge in [0.15, 0.2) is 0 Å².